The summed E-state index contributed by atoms with van der Waals surface area (Å²) in [6, 6.07) is 30.9. The molecule has 0 unspecified atom stereocenters. The van der Waals surface area contributed by atoms with E-state index in [4.69, 9.17) is 15.8 Å². The van der Waals surface area contributed by atoms with Crippen molar-refractivity contribution in [2.45, 2.75) is 32.2 Å². The molecule has 6 rings (SSSR count). The summed E-state index contributed by atoms with van der Waals surface area (Å²) in [7, 11) is 0. The van der Waals surface area contributed by atoms with E-state index in [1.807, 2.05) is 47.4 Å². The lowest BCUT2D eigenvalue weighted by Crippen LogP contribution is -2.40. The molecule has 1 aromatic heterocycles. The first kappa shape index (κ1) is 25.2. The summed E-state index contributed by atoms with van der Waals surface area (Å²) >= 11 is 1.72. The van der Waals surface area contributed by atoms with Crippen LogP contribution < -0.4 is 10.6 Å². The fraction of sp³-hybridized carbons (Fsp3) is 0.219. The molecule has 0 fully saturated rings. The zero-order valence-electron chi connectivity index (χ0n) is 21.8. The Morgan fingerprint density at radius 1 is 0.821 bits per heavy atom. The molecule has 0 radical (unpaired) electrons. The number of hydrogen-bond donors (Lipinski definition) is 1. The highest BCUT2D eigenvalue weighted by atomic mass is 32.1. The van der Waals surface area contributed by atoms with Crippen molar-refractivity contribution < 1.29 is 4.79 Å². The first-order chi connectivity index (χ1) is 19.2. The third-order valence-electron chi connectivity index (χ3n) is 7.15. The molecule has 0 saturated carbocycles. The van der Waals surface area contributed by atoms with Crippen LogP contribution in [0.5, 0.6) is 0 Å². The van der Waals surface area contributed by atoms with Gasteiger partial charge in [0, 0.05) is 18.5 Å². The number of nitrogens with zero attached hydrogens (tertiary/aromatic N) is 4. The number of anilines is 1. The van der Waals surface area contributed by atoms with Crippen molar-refractivity contribution in [3.05, 3.63) is 107 Å². The Kier molecular flexibility index (Phi) is 7.34. The van der Waals surface area contributed by atoms with Gasteiger partial charge >= 0.3 is 6.03 Å². The Hall–Kier alpha value is -4.07. The van der Waals surface area contributed by atoms with Crippen LogP contribution in [0.2, 0.25) is 0 Å². The number of carbonyl (C=O) groups is 1. The van der Waals surface area contributed by atoms with Crippen molar-refractivity contribution >= 4 is 49.8 Å². The van der Waals surface area contributed by atoms with Gasteiger partial charge in [-0.25, -0.2) is 14.8 Å². The van der Waals surface area contributed by atoms with Gasteiger partial charge in [-0.3, -0.25) is 4.90 Å². The number of hydrogen-bond acceptors (Lipinski definition) is 5. The molecule has 1 aliphatic rings. The Labute approximate surface area is 232 Å². The average molecular weight is 534 g/mol. The minimum atomic E-state index is -0.109. The number of amides is 2. The Balaban J connectivity index is 1.36. The summed E-state index contributed by atoms with van der Waals surface area (Å²) < 4.78 is 1.19. The van der Waals surface area contributed by atoms with E-state index < -0.39 is 0 Å². The molecule has 1 aliphatic heterocycles. The predicted molar refractivity (Wildman–Crippen MR) is 161 cm³/mol. The first-order valence-corrected chi connectivity index (χ1v) is 14.3. The van der Waals surface area contributed by atoms with Crippen LogP contribution in [0.4, 0.5) is 10.5 Å². The summed E-state index contributed by atoms with van der Waals surface area (Å²) in [4.78, 5) is 20.8. The predicted octanol–water partition coefficient (Wildman–Crippen LogP) is 6.97. The van der Waals surface area contributed by atoms with Gasteiger partial charge in [-0.2, -0.15) is 5.10 Å². The zero-order valence-corrected chi connectivity index (χ0v) is 22.6. The monoisotopic (exact) mass is 533 g/mol. The number of fused-ring (bicyclic) bond motifs is 3. The molecule has 0 spiro atoms. The van der Waals surface area contributed by atoms with Gasteiger partial charge in [0.15, 0.2) is 0 Å². The molecule has 2 N–H and O–H groups in total. The molecule has 2 heterocycles. The van der Waals surface area contributed by atoms with Crippen LogP contribution in [0, 0.1) is 0 Å². The normalized spacial score (nSPS) is 13.6. The van der Waals surface area contributed by atoms with Gasteiger partial charge in [0.1, 0.15) is 0 Å². The molecule has 6 nitrogen and oxygen atoms in total. The molecule has 0 saturated heterocycles. The average Bonchev–Trinajstić information content (AvgIpc) is 3.36. The molecule has 196 valence electrons. The van der Waals surface area contributed by atoms with Crippen molar-refractivity contribution in [1.82, 2.24) is 9.99 Å². The molecule has 5 aromatic rings. The van der Waals surface area contributed by atoms with Crippen LogP contribution in [0.25, 0.3) is 21.0 Å². The molecule has 2 amide bonds. The molecular weight excluding hydrogens is 502 g/mol. The highest BCUT2D eigenvalue weighted by molar-refractivity contribution is 7.18. The molecule has 0 aliphatic carbocycles. The number of urea groups is 1. The van der Waals surface area contributed by atoms with E-state index >= 15 is 0 Å². The summed E-state index contributed by atoms with van der Waals surface area (Å²) in [6.45, 7) is 1.59. The fourth-order valence-corrected chi connectivity index (χ4v) is 6.15. The van der Waals surface area contributed by atoms with Gasteiger partial charge in [0.25, 0.3) is 0 Å². The fourth-order valence-electron chi connectivity index (χ4n) is 5.18. The third-order valence-corrected chi connectivity index (χ3v) is 8.24. The van der Waals surface area contributed by atoms with Gasteiger partial charge in [-0.15, -0.1) is 11.3 Å². The van der Waals surface area contributed by atoms with E-state index in [0.717, 1.165) is 63.1 Å². The van der Waals surface area contributed by atoms with Crippen molar-refractivity contribution in [3.8, 4) is 0 Å². The Morgan fingerprint density at radius 3 is 2.51 bits per heavy atom. The van der Waals surface area contributed by atoms with Crippen LogP contribution in [0.3, 0.4) is 0 Å². The van der Waals surface area contributed by atoms with E-state index in [9.17, 15) is 4.79 Å². The maximum absolute atomic E-state index is 14.1. The smallest absolute Gasteiger partial charge is 0.330 e. The number of hydrazone groups is 1. The van der Waals surface area contributed by atoms with Gasteiger partial charge in [0.2, 0.25) is 0 Å². The van der Waals surface area contributed by atoms with Crippen molar-refractivity contribution in [2.24, 2.45) is 10.8 Å². The number of aromatic nitrogens is 1. The standard InChI is InChI=1S/C32H31N5OS/c33-20-7-8-21-37-32(38)36(22-24-12-9-11-23-10-1-2-13-25(23)24)29-16-5-3-14-26(29)27(35-37)18-19-31-34-28-15-4-6-17-30(28)39-31/h1-6,9-17H,7-8,18-22,33H2. The van der Waals surface area contributed by atoms with E-state index in [0.29, 0.717) is 26.1 Å². The SMILES string of the molecule is NCCCCN1N=C(CCc2nc3ccccc3s2)c2ccccc2N(Cc2cccc3ccccc23)C1=O. The summed E-state index contributed by atoms with van der Waals surface area (Å²) in [6.07, 6.45) is 3.10. The van der Waals surface area contributed by atoms with Crippen LogP contribution >= 0.6 is 11.3 Å². The van der Waals surface area contributed by atoms with E-state index in [-0.39, 0.29) is 6.03 Å². The van der Waals surface area contributed by atoms with Crippen molar-refractivity contribution in [3.63, 3.8) is 0 Å². The summed E-state index contributed by atoms with van der Waals surface area (Å²) in [5.74, 6) is 0. The lowest BCUT2D eigenvalue weighted by Gasteiger charge is -2.27. The largest absolute Gasteiger partial charge is 0.345 e. The number of nitrogens with two attached hydrogens (primary N) is 1. The number of unbranched alkanes of at least 4 members (excludes halogenated alkanes) is 1. The molecule has 39 heavy (non-hydrogen) atoms. The second-order valence-corrected chi connectivity index (χ2v) is 10.9. The minimum absolute atomic E-state index is 0.109. The quantitative estimate of drug-likeness (QED) is 0.208. The first-order valence-electron chi connectivity index (χ1n) is 13.5. The van der Waals surface area contributed by atoms with E-state index in [1.165, 1.54) is 4.70 Å². The van der Waals surface area contributed by atoms with Gasteiger partial charge in [-0.1, -0.05) is 72.8 Å². The zero-order chi connectivity index (χ0) is 26.6. The second kappa shape index (κ2) is 11.4. The topological polar surface area (TPSA) is 74.8 Å². The van der Waals surface area contributed by atoms with Gasteiger partial charge in [0.05, 0.1) is 33.2 Å². The van der Waals surface area contributed by atoms with Crippen LogP contribution in [-0.2, 0) is 13.0 Å². The lowest BCUT2D eigenvalue weighted by atomic mass is 10.0. The minimum Gasteiger partial charge on any atom is -0.330 e. The van der Waals surface area contributed by atoms with Gasteiger partial charge in [-0.05, 0) is 60.3 Å². The number of rotatable bonds is 9. The number of para-hydroxylation sites is 2. The Morgan fingerprint density at radius 2 is 1.62 bits per heavy atom. The summed E-state index contributed by atoms with van der Waals surface area (Å²) in [5, 5.41) is 10.0. The molecule has 0 bridgehead atoms. The maximum Gasteiger partial charge on any atom is 0.345 e. The van der Waals surface area contributed by atoms with Crippen LogP contribution in [0.1, 0.15) is 35.4 Å². The number of benzene rings is 4. The van der Waals surface area contributed by atoms with Crippen LogP contribution in [0.15, 0.2) is 96.1 Å². The van der Waals surface area contributed by atoms with E-state index in [2.05, 4.69) is 48.5 Å². The van der Waals surface area contributed by atoms with Crippen LogP contribution in [-0.4, -0.2) is 34.8 Å². The highest BCUT2D eigenvalue weighted by Crippen LogP contribution is 2.31. The number of aryl methyl sites for hydroxylation is 1. The molecular formula is C32H31N5OS. The van der Waals surface area contributed by atoms with E-state index in [1.54, 1.807) is 16.3 Å². The lowest BCUT2D eigenvalue weighted by molar-refractivity contribution is 0.206. The van der Waals surface area contributed by atoms with Crippen molar-refractivity contribution in [2.75, 3.05) is 18.0 Å². The van der Waals surface area contributed by atoms with Crippen molar-refractivity contribution in [1.29, 1.82) is 0 Å². The van der Waals surface area contributed by atoms with Gasteiger partial charge < -0.3 is 5.73 Å². The maximum atomic E-state index is 14.1. The second-order valence-electron chi connectivity index (χ2n) is 9.77. The number of thiazole rings is 1. The molecule has 4 aromatic carbocycles. The third kappa shape index (κ3) is 5.28. The molecule has 0 atom stereocenters. The Bertz CT molecular complexity index is 1620. The summed E-state index contributed by atoms with van der Waals surface area (Å²) in [5.41, 5.74) is 10.7. The highest BCUT2D eigenvalue weighted by Gasteiger charge is 2.30. The molecule has 7 heteroatoms. The number of carbonyl (C=O) groups excluding carboxylic acids is 1.